The van der Waals surface area contributed by atoms with Crippen molar-refractivity contribution in [2.45, 2.75) is 25.4 Å². The number of nitrogens with zero attached hydrogens (tertiary/aromatic N) is 2. The molecule has 0 aliphatic carbocycles. The maximum Gasteiger partial charge on any atom is 0.141 e. The second-order valence-electron chi connectivity index (χ2n) is 4.41. The van der Waals surface area contributed by atoms with Crippen LogP contribution in [0, 0.1) is 5.82 Å². The zero-order chi connectivity index (χ0) is 10.4. The molecule has 2 atom stereocenters. The molecule has 1 aromatic rings. The average Bonchev–Trinajstić information content (AvgIpc) is 2.56. The van der Waals surface area contributed by atoms with Crippen molar-refractivity contribution < 1.29 is 4.39 Å². The number of fused-ring (bicyclic) bond motifs is 3. The lowest BCUT2D eigenvalue weighted by Gasteiger charge is -2.37. The molecule has 3 heterocycles. The molecule has 0 aromatic carbocycles. The number of hydrogen-bond acceptors (Lipinski definition) is 3. The highest BCUT2D eigenvalue weighted by Crippen LogP contribution is 2.33. The predicted octanol–water partition coefficient (Wildman–Crippen LogP) is 0.943. The van der Waals surface area contributed by atoms with E-state index in [1.165, 1.54) is 6.20 Å². The van der Waals surface area contributed by atoms with Gasteiger partial charge in [0.15, 0.2) is 0 Å². The molecular formula is C11H14FN3. The van der Waals surface area contributed by atoms with Gasteiger partial charge in [-0.15, -0.1) is 0 Å². The van der Waals surface area contributed by atoms with E-state index >= 15 is 0 Å². The van der Waals surface area contributed by atoms with Crippen LogP contribution in [0.1, 0.15) is 12.5 Å². The number of nitrogens with one attached hydrogen (secondary N) is 1. The van der Waals surface area contributed by atoms with E-state index in [4.69, 9.17) is 0 Å². The minimum atomic E-state index is -0.228. The number of halogens is 1. The maximum absolute atomic E-state index is 13.0. The van der Waals surface area contributed by atoms with E-state index < -0.39 is 0 Å². The zero-order valence-corrected chi connectivity index (χ0v) is 8.70. The fourth-order valence-electron chi connectivity index (χ4n) is 2.68. The van der Waals surface area contributed by atoms with E-state index in [-0.39, 0.29) is 5.82 Å². The first-order valence-corrected chi connectivity index (χ1v) is 5.39. The van der Waals surface area contributed by atoms with Crippen LogP contribution in [0.5, 0.6) is 0 Å². The summed E-state index contributed by atoms with van der Waals surface area (Å²) in [6.45, 7) is 4.14. The van der Waals surface area contributed by atoms with Crippen molar-refractivity contribution >= 4 is 5.82 Å². The Morgan fingerprint density at radius 1 is 1.53 bits per heavy atom. The highest BCUT2D eigenvalue weighted by Gasteiger charge is 2.36. The Kier molecular flexibility index (Phi) is 1.92. The van der Waals surface area contributed by atoms with Crippen molar-refractivity contribution in [1.29, 1.82) is 0 Å². The molecule has 0 radical (unpaired) electrons. The summed E-state index contributed by atoms with van der Waals surface area (Å²) in [6, 6.07) is 2.52. The number of rotatable bonds is 0. The number of piperazine rings is 1. The van der Waals surface area contributed by atoms with Crippen LogP contribution in [-0.2, 0) is 6.42 Å². The lowest BCUT2D eigenvalue weighted by Crippen LogP contribution is -2.55. The molecule has 0 spiro atoms. The largest absolute Gasteiger partial charge is 0.348 e. The van der Waals surface area contributed by atoms with E-state index in [1.54, 1.807) is 6.07 Å². The number of anilines is 1. The topological polar surface area (TPSA) is 28.2 Å². The zero-order valence-electron chi connectivity index (χ0n) is 8.70. The molecule has 2 aliphatic rings. The predicted molar refractivity (Wildman–Crippen MR) is 56.5 cm³/mol. The first-order valence-electron chi connectivity index (χ1n) is 5.39. The molecule has 4 heteroatoms. The SMILES string of the molecule is C[C@@H]1CNCC2Cc3cc(F)cnc3N21. The van der Waals surface area contributed by atoms with E-state index in [1.807, 2.05) is 0 Å². The van der Waals surface area contributed by atoms with Crippen LogP contribution in [-0.4, -0.2) is 30.2 Å². The molecule has 1 fully saturated rings. The van der Waals surface area contributed by atoms with Gasteiger partial charge < -0.3 is 10.2 Å². The summed E-state index contributed by atoms with van der Waals surface area (Å²) >= 11 is 0. The third-order valence-electron chi connectivity index (χ3n) is 3.30. The highest BCUT2D eigenvalue weighted by atomic mass is 19.1. The van der Waals surface area contributed by atoms with Gasteiger partial charge in [0.25, 0.3) is 0 Å². The van der Waals surface area contributed by atoms with Crippen LogP contribution in [0.25, 0.3) is 0 Å². The quantitative estimate of drug-likeness (QED) is 0.686. The van der Waals surface area contributed by atoms with Gasteiger partial charge in [-0.25, -0.2) is 9.37 Å². The summed E-state index contributed by atoms with van der Waals surface area (Å²) < 4.78 is 13.0. The van der Waals surface area contributed by atoms with Crippen molar-refractivity contribution in [1.82, 2.24) is 10.3 Å². The molecule has 0 amide bonds. The van der Waals surface area contributed by atoms with Crippen molar-refractivity contribution in [3.63, 3.8) is 0 Å². The van der Waals surface area contributed by atoms with Crippen LogP contribution in [0.2, 0.25) is 0 Å². The summed E-state index contributed by atoms with van der Waals surface area (Å²) in [6.07, 6.45) is 2.23. The Hall–Kier alpha value is -1.16. The molecule has 0 saturated carbocycles. The van der Waals surface area contributed by atoms with Gasteiger partial charge >= 0.3 is 0 Å². The van der Waals surface area contributed by atoms with E-state index in [0.29, 0.717) is 12.1 Å². The third-order valence-corrected chi connectivity index (χ3v) is 3.30. The minimum absolute atomic E-state index is 0.228. The van der Waals surface area contributed by atoms with Crippen molar-refractivity contribution in [3.8, 4) is 0 Å². The standard InChI is InChI=1S/C11H14FN3/c1-7-4-13-6-10-3-8-2-9(12)5-14-11(8)15(7)10/h2,5,7,10,13H,3-4,6H2,1H3/t7-,10?/m1/s1. The second-order valence-corrected chi connectivity index (χ2v) is 4.41. The number of aromatic nitrogens is 1. The van der Waals surface area contributed by atoms with Gasteiger partial charge in [0.05, 0.1) is 6.20 Å². The molecule has 80 valence electrons. The van der Waals surface area contributed by atoms with Crippen molar-refractivity contribution in [2.75, 3.05) is 18.0 Å². The highest BCUT2D eigenvalue weighted by molar-refractivity contribution is 5.55. The van der Waals surface area contributed by atoms with Crippen LogP contribution in [0.15, 0.2) is 12.3 Å². The Labute approximate surface area is 88.3 Å². The van der Waals surface area contributed by atoms with Crippen molar-refractivity contribution in [3.05, 3.63) is 23.6 Å². The Bertz CT molecular complexity index is 393. The summed E-state index contributed by atoms with van der Waals surface area (Å²) in [7, 11) is 0. The molecule has 1 saturated heterocycles. The maximum atomic E-state index is 13.0. The number of hydrogen-bond donors (Lipinski definition) is 1. The smallest absolute Gasteiger partial charge is 0.141 e. The molecule has 1 aromatic heterocycles. The van der Waals surface area contributed by atoms with Gasteiger partial charge in [-0.2, -0.15) is 0 Å². The lowest BCUT2D eigenvalue weighted by molar-refractivity contribution is 0.428. The lowest BCUT2D eigenvalue weighted by atomic mass is 10.1. The van der Waals surface area contributed by atoms with Gasteiger partial charge in [0.1, 0.15) is 11.6 Å². The Morgan fingerprint density at radius 3 is 3.27 bits per heavy atom. The van der Waals surface area contributed by atoms with Gasteiger partial charge in [0.2, 0.25) is 0 Å². The summed E-state index contributed by atoms with van der Waals surface area (Å²) in [5, 5.41) is 3.39. The normalized spacial score (nSPS) is 28.8. The van der Waals surface area contributed by atoms with Gasteiger partial charge in [-0.3, -0.25) is 0 Å². The molecule has 2 aliphatic heterocycles. The van der Waals surface area contributed by atoms with E-state index in [2.05, 4.69) is 22.1 Å². The van der Waals surface area contributed by atoms with Gasteiger partial charge in [-0.1, -0.05) is 0 Å². The van der Waals surface area contributed by atoms with E-state index in [0.717, 1.165) is 30.9 Å². The molecule has 3 nitrogen and oxygen atoms in total. The molecular weight excluding hydrogens is 193 g/mol. The summed E-state index contributed by atoms with van der Waals surface area (Å²) in [5.41, 5.74) is 1.05. The fraction of sp³-hybridized carbons (Fsp3) is 0.545. The van der Waals surface area contributed by atoms with E-state index in [9.17, 15) is 4.39 Å². The second kappa shape index (κ2) is 3.17. The molecule has 1 N–H and O–H groups in total. The molecule has 1 unspecified atom stereocenters. The average molecular weight is 207 g/mol. The Morgan fingerprint density at radius 2 is 2.40 bits per heavy atom. The summed E-state index contributed by atoms with van der Waals surface area (Å²) in [5.74, 6) is 0.754. The summed E-state index contributed by atoms with van der Waals surface area (Å²) in [4.78, 5) is 6.54. The first-order chi connectivity index (χ1) is 7.25. The van der Waals surface area contributed by atoms with Crippen molar-refractivity contribution in [2.24, 2.45) is 0 Å². The number of pyridine rings is 1. The molecule has 3 rings (SSSR count). The molecule has 15 heavy (non-hydrogen) atoms. The minimum Gasteiger partial charge on any atom is -0.348 e. The van der Waals surface area contributed by atoms with Crippen LogP contribution in [0.4, 0.5) is 10.2 Å². The fourth-order valence-corrected chi connectivity index (χ4v) is 2.68. The molecule has 0 bridgehead atoms. The monoisotopic (exact) mass is 207 g/mol. The van der Waals surface area contributed by atoms with Gasteiger partial charge in [0, 0.05) is 25.2 Å². The Balaban J connectivity index is 2.03. The van der Waals surface area contributed by atoms with Crippen LogP contribution >= 0.6 is 0 Å². The van der Waals surface area contributed by atoms with Crippen LogP contribution in [0.3, 0.4) is 0 Å². The first kappa shape index (κ1) is 9.09. The third kappa shape index (κ3) is 1.32. The van der Waals surface area contributed by atoms with Gasteiger partial charge in [-0.05, 0) is 25.0 Å². The van der Waals surface area contributed by atoms with Crippen LogP contribution < -0.4 is 10.2 Å².